The minimum atomic E-state index is -0.358. The van der Waals surface area contributed by atoms with Gasteiger partial charge in [0, 0.05) is 24.1 Å². The number of nitriles is 1. The molecule has 0 aromatic heterocycles. The molecule has 0 unspecified atom stereocenters. The van der Waals surface area contributed by atoms with Gasteiger partial charge in [0.05, 0.1) is 0 Å². The van der Waals surface area contributed by atoms with Crippen molar-refractivity contribution in [3.05, 3.63) is 39.4 Å². The molecule has 3 nitrogen and oxygen atoms in total. The Morgan fingerprint density at radius 2 is 1.82 bits per heavy atom. The molecule has 0 saturated heterocycles. The van der Waals surface area contributed by atoms with Crippen molar-refractivity contribution in [1.29, 1.82) is 5.26 Å². The maximum atomic E-state index is 11.6. The molecular formula is C12H10Cl2N2O. The molecular weight excluding hydrogens is 259 g/mol. The third-order valence-corrected chi connectivity index (χ3v) is 2.39. The van der Waals surface area contributed by atoms with E-state index in [0.717, 1.165) is 0 Å². The highest BCUT2D eigenvalue weighted by atomic mass is 35.5. The van der Waals surface area contributed by atoms with Crippen LogP contribution in [0.1, 0.15) is 5.56 Å². The zero-order chi connectivity index (χ0) is 13.0. The van der Waals surface area contributed by atoms with Crippen molar-refractivity contribution in [3.63, 3.8) is 0 Å². The number of halogens is 2. The van der Waals surface area contributed by atoms with Crippen LogP contribution in [0.4, 0.5) is 0 Å². The minimum absolute atomic E-state index is 0.0355. The lowest BCUT2D eigenvalue weighted by molar-refractivity contribution is -0.124. The van der Waals surface area contributed by atoms with Crippen LogP contribution in [0, 0.1) is 11.3 Å². The van der Waals surface area contributed by atoms with E-state index < -0.39 is 0 Å². The van der Waals surface area contributed by atoms with Gasteiger partial charge in [-0.25, -0.2) is 0 Å². The molecule has 88 valence electrons. The predicted octanol–water partition coefficient (Wildman–Crippen LogP) is 2.99. The molecule has 5 heteroatoms. The highest BCUT2D eigenvalue weighted by molar-refractivity contribution is 6.34. The van der Waals surface area contributed by atoms with Gasteiger partial charge in [-0.3, -0.25) is 4.79 Å². The SMILES string of the molecule is CN(C)C(=O)/C(C#N)=C\c1cc(Cl)cc(Cl)c1. The normalized spacial score (nSPS) is 10.9. The second-order valence-corrected chi connectivity index (χ2v) is 4.45. The molecule has 0 aliphatic carbocycles. The Labute approximate surface area is 110 Å². The molecule has 0 atom stereocenters. The number of carbonyl (C=O) groups is 1. The van der Waals surface area contributed by atoms with Crippen LogP contribution < -0.4 is 0 Å². The lowest BCUT2D eigenvalue weighted by Crippen LogP contribution is -2.22. The van der Waals surface area contributed by atoms with Gasteiger partial charge < -0.3 is 4.90 Å². The summed E-state index contributed by atoms with van der Waals surface area (Å²) >= 11 is 11.7. The van der Waals surface area contributed by atoms with Gasteiger partial charge in [0.25, 0.3) is 5.91 Å². The molecule has 1 amide bonds. The van der Waals surface area contributed by atoms with Gasteiger partial charge in [-0.05, 0) is 29.8 Å². The number of rotatable bonds is 2. The third kappa shape index (κ3) is 3.77. The molecule has 1 rings (SSSR count). The van der Waals surface area contributed by atoms with Crippen molar-refractivity contribution in [2.75, 3.05) is 14.1 Å². The summed E-state index contributed by atoms with van der Waals surface area (Å²) in [4.78, 5) is 13.0. The highest BCUT2D eigenvalue weighted by Crippen LogP contribution is 2.21. The monoisotopic (exact) mass is 268 g/mol. The third-order valence-electron chi connectivity index (χ3n) is 1.95. The number of benzene rings is 1. The molecule has 17 heavy (non-hydrogen) atoms. The van der Waals surface area contributed by atoms with Gasteiger partial charge in [0.15, 0.2) is 0 Å². The number of hydrogen-bond acceptors (Lipinski definition) is 2. The van der Waals surface area contributed by atoms with E-state index in [9.17, 15) is 4.79 Å². The first-order chi connectivity index (χ1) is 7.93. The lowest BCUT2D eigenvalue weighted by Gasteiger charge is -2.08. The number of amides is 1. The second-order valence-electron chi connectivity index (χ2n) is 3.57. The minimum Gasteiger partial charge on any atom is -0.344 e. The van der Waals surface area contributed by atoms with Crippen LogP contribution in [0.15, 0.2) is 23.8 Å². The summed E-state index contributed by atoms with van der Waals surface area (Å²) in [7, 11) is 3.16. The Morgan fingerprint density at radius 1 is 1.29 bits per heavy atom. The van der Waals surface area contributed by atoms with Gasteiger partial charge in [-0.15, -0.1) is 0 Å². The van der Waals surface area contributed by atoms with Gasteiger partial charge in [0.1, 0.15) is 11.6 Å². The molecule has 0 aliphatic rings. The van der Waals surface area contributed by atoms with E-state index >= 15 is 0 Å². The van der Waals surface area contributed by atoms with Crippen molar-refractivity contribution < 1.29 is 4.79 Å². The van der Waals surface area contributed by atoms with Crippen molar-refractivity contribution in [2.24, 2.45) is 0 Å². The van der Waals surface area contributed by atoms with Crippen LogP contribution >= 0.6 is 23.2 Å². The Kier molecular flexibility index (Phi) is 4.56. The first-order valence-electron chi connectivity index (χ1n) is 4.73. The van der Waals surface area contributed by atoms with Crippen LogP contribution in [-0.4, -0.2) is 24.9 Å². The van der Waals surface area contributed by atoms with Crippen molar-refractivity contribution in [3.8, 4) is 6.07 Å². The van der Waals surface area contributed by atoms with E-state index in [2.05, 4.69) is 0 Å². The molecule has 0 spiro atoms. The van der Waals surface area contributed by atoms with Crippen LogP contribution in [0.25, 0.3) is 6.08 Å². The summed E-state index contributed by atoms with van der Waals surface area (Å²) in [6.45, 7) is 0. The molecule has 0 fully saturated rings. The van der Waals surface area contributed by atoms with Crippen LogP contribution in [0.5, 0.6) is 0 Å². The fourth-order valence-corrected chi connectivity index (χ4v) is 1.75. The molecule has 0 heterocycles. The average Bonchev–Trinajstić information content (AvgIpc) is 2.23. The number of nitrogens with zero attached hydrogens (tertiary/aromatic N) is 2. The first kappa shape index (κ1) is 13.6. The Balaban J connectivity index is 3.16. The van der Waals surface area contributed by atoms with Crippen LogP contribution in [-0.2, 0) is 4.79 Å². The van der Waals surface area contributed by atoms with E-state index in [1.165, 1.54) is 11.0 Å². The number of likely N-dealkylation sites (N-methyl/N-ethyl adjacent to an activating group) is 1. The quantitative estimate of drug-likeness (QED) is 0.612. The predicted molar refractivity (Wildman–Crippen MR) is 68.7 cm³/mol. The van der Waals surface area contributed by atoms with Gasteiger partial charge in [-0.2, -0.15) is 5.26 Å². The fourth-order valence-electron chi connectivity index (χ4n) is 1.21. The Morgan fingerprint density at radius 3 is 2.24 bits per heavy atom. The zero-order valence-corrected chi connectivity index (χ0v) is 10.9. The van der Waals surface area contributed by atoms with Crippen molar-refractivity contribution in [1.82, 2.24) is 4.90 Å². The van der Waals surface area contributed by atoms with E-state index in [-0.39, 0.29) is 11.5 Å². The van der Waals surface area contributed by atoms with E-state index in [0.29, 0.717) is 15.6 Å². The van der Waals surface area contributed by atoms with E-state index in [1.807, 2.05) is 6.07 Å². The fraction of sp³-hybridized carbons (Fsp3) is 0.167. The van der Waals surface area contributed by atoms with E-state index in [4.69, 9.17) is 28.5 Å². The van der Waals surface area contributed by atoms with Crippen molar-refractivity contribution in [2.45, 2.75) is 0 Å². The molecule has 0 radical (unpaired) electrons. The van der Waals surface area contributed by atoms with Crippen LogP contribution in [0.3, 0.4) is 0 Å². The second kappa shape index (κ2) is 5.72. The Bertz CT molecular complexity index is 495. The summed E-state index contributed by atoms with van der Waals surface area (Å²) < 4.78 is 0. The summed E-state index contributed by atoms with van der Waals surface area (Å²) in [6, 6.07) is 6.70. The van der Waals surface area contributed by atoms with Gasteiger partial charge >= 0.3 is 0 Å². The largest absolute Gasteiger partial charge is 0.344 e. The molecule has 0 saturated carbocycles. The first-order valence-corrected chi connectivity index (χ1v) is 5.49. The molecule has 0 aliphatic heterocycles. The van der Waals surface area contributed by atoms with Gasteiger partial charge in [0.2, 0.25) is 0 Å². The summed E-state index contributed by atoms with van der Waals surface area (Å²) in [5.74, 6) is -0.358. The highest BCUT2D eigenvalue weighted by Gasteiger charge is 2.11. The van der Waals surface area contributed by atoms with E-state index in [1.54, 1.807) is 32.3 Å². The molecule has 0 bridgehead atoms. The maximum Gasteiger partial charge on any atom is 0.264 e. The summed E-state index contributed by atoms with van der Waals surface area (Å²) in [5, 5.41) is 9.83. The molecule has 1 aromatic rings. The topological polar surface area (TPSA) is 44.1 Å². The van der Waals surface area contributed by atoms with Crippen LogP contribution in [0.2, 0.25) is 10.0 Å². The standard InChI is InChI=1S/C12H10Cl2N2O/c1-16(2)12(17)9(7-15)3-8-4-10(13)6-11(14)5-8/h3-6H,1-2H3/b9-3-. The zero-order valence-electron chi connectivity index (χ0n) is 9.37. The van der Waals surface area contributed by atoms with Crippen molar-refractivity contribution >= 4 is 35.2 Å². The molecule has 0 N–H and O–H groups in total. The number of hydrogen-bond donors (Lipinski definition) is 0. The Hall–Kier alpha value is -1.50. The number of carbonyl (C=O) groups excluding carboxylic acids is 1. The molecule has 1 aromatic carbocycles. The smallest absolute Gasteiger partial charge is 0.264 e. The summed E-state index contributed by atoms with van der Waals surface area (Å²) in [5.41, 5.74) is 0.655. The average molecular weight is 269 g/mol. The lowest BCUT2D eigenvalue weighted by atomic mass is 10.1. The summed E-state index contributed by atoms with van der Waals surface area (Å²) in [6.07, 6.45) is 1.46. The van der Waals surface area contributed by atoms with Gasteiger partial charge in [-0.1, -0.05) is 23.2 Å². The maximum absolute atomic E-state index is 11.6.